The van der Waals surface area contributed by atoms with E-state index in [1.54, 1.807) is 0 Å². The van der Waals surface area contributed by atoms with Crippen molar-refractivity contribution < 1.29 is 14.3 Å². The second kappa shape index (κ2) is 25.7. The Kier molecular flexibility index (Phi) is 28.9. The van der Waals surface area contributed by atoms with Gasteiger partial charge in [0.05, 0.1) is 13.0 Å². The molecule has 1 amide bonds. The standard InChI is InChI=1S/C9H21N3O.C6H12O2.C4H13N3/c1-3-8(2)9(13)12-7-6-11-5-4-10;1-4-5(2)6(7)8-3;5-1-3-7-4-2-6/h8,11H,3-7,10H2,1-2H3,(H,12,13);5H,4H2,1-3H3;7H,1-6H2. The second-order valence-electron chi connectivity index (χ2n) is 6.30. The summed E-state index contributed by atoms with van der Waals surface area (Å²) >= 11 is 0. The van der Waals surface area contributed by atoms with Gasteiger partial charge in [-0.2, -0.15) is 0 Å². The van der Waals surface area contributed by atoms with E-state index in [0.717, 1.165) is 39.0 Å². The van der Waals surface area contributed by atoms with Gasteiger partial charge in [0.1, 0.15) is 0 Å². The van der Waals surface area contributed by atoms with Crippen LogP contribution in [-0.4, -0.2) is 71.3 Å². The van der Waals surface area contributed by atoms with E-state index in [1.807, 2.05) is 27.7 Å². The molecule has 2 atom stereocenters. The number of esters is 1. The van der Waals surface area contributed by atoms with Gasteiger partial charge in [0, 0.05) is 58.3 Å². The monoisotopic (exact) mass is 406 g/mol. The first-order valence-electron chi connectivity index (χ1n) is 10.2. The summed E-state index contributed by atoms with van der Waals surface area (Å²) in [5, 5.41) is 8.99. The van der Waals surface area contributed by atoms with E-state index in [9.17, 15) is 9.59 Å². The third kappa shape index (κ3) is 24.7. The Morgan fingerprint density at radius 1 is 0.786 bits per heavy atom. The smallest absolute Gasteiger partial charge is 0.308 e. The molecule has 28 heavy (non-hydrogen) atoms. The maximum absolute atomic E-state index is 11.2. The van der Waals surface area contributed by atoms with Crippen molar-refractivity contribution >= 4 is 11.9 Å². The van der Waals surface area contributed by atoms with Gasteiger partial charge in [-0.3, -0.25) is 9.59 Å². The molecule has 9 N–H and O–H groups in total. The SMILES string of the molecule is CCC(C)C(=O)NCCNCCN.CCC(C)C(=O)OC.NCCNCCN. The van der Waals surface area contributed by atoms with Gasteiger partial charge >= 0.3 is 5.97 Å². The average molecular weight is 407 g/mol. The van der Waals surface area contributed by atoms with Crippen LogP contribution in [0.5, 0.6) is 0 Å². The minimum Gasteiger partial charge on any atom is -0.469 e. The Morgan fingerprint density at radius 2 is 1.21 bits per heavy atom. The van der Waals surface area contributed by atoms with Crippen LogP contribution in [0.4, 0.5) is 0 Å². The molecule has 0 aromatic carbocycles. The molecule has 0 aliphatic carbocycles. The average Bonchev–Trinajstić information content (AvgIpc) is 2.72. The second-order valence-corrected chi connectivity index (χ2v) is 6.30. The van der Waals surface area contributed by atoms with Gasteiger partial charge in [-0.05, 0) is 12.8 Å². The number of amides is 1. The first kappa shape index (κ1) is 31.4. The van der Waals surface area contributed by atoms with Crippen LogP contribution < -0.4 is 33.2 Å². The molecular weight excluding hydrogens is 360 g/mol. The molecule has 170 valence electrons. The molecule has 0 saturated heterocycles. The van der Waals surface area contributed by atoms with Crippen molar-refractivity contribution in [1.29, 1.82) is 0 Å². The molecule has 0 aromatic heterocycles. The van der Waals surface area contributed by atoms with Gasteiger partial charge in [-0.25, -0.2) is 0 Å². The quantitative estimate of drug-likeness (QED) is 0.175. The fourth-order valence-electron chi connectivity index (χ4n) is 1.56. The number of carbonyl (C=O) groups excluding carboxylic acids is 2. The Labute approximate surface area is 171 Å². The lowest BCUT2D eigenvalue weighted by molar-refractivity contribution is -0.144. The normalized spacial score (nSPS) is 11.9. The zero-order chi connectivity index (χ0) is 22.2. The summed E-state index contributed by atoms with van der Waals surface area (Å²) < 4.78 is 4.46. The maximum atomic E-state index is 11.2. The molecule has 0 aromatic rings. The summed E-state index contributed by atoms with van der Waals surface area (Å²) in [6.07, 6.45) is 1.74. The summed E-state index contributed by atoms with van der Waals surface area (Å²) in [6, 6.07) is 0. The fourth-order valence-corrected chi connectivity index (χ4v) is 1.56. The van der Waals surface area contributed by atoms with Crippen LogP contribution in [0.1, 0.15) is 40.5 Å². The minimum absolute atomic E-state index is 0.0556. The van der Waals surface area contributed by atoms with Crippen LogP contribution in [0, 0.1) is 11.8 Å². The summed E-state index contributed by atoms with van der Waals surface area (Å²) in [7, 11) is 1.41. The summed E-state index contributed by atoms with van der Waals surface area (Å²) in [5.41, 5.74) is 15.6. The molecule has 0 radical (unpaired) electrons. The van der Waals surface area contributed by atoms with Gasteiger partial charge in [0.2, 0.25) is 5.91 Å². The number of nitrogens with one attached hydrogen (secondary N) is 3. The van der Waals surface area contributed by atoms with E-state index in [1.165, 1.54) is 7.11 Å². The topological polar surface area (TPSA) is 158 Å². The zero-order valence-electron chi connectivity index (χ0n) is 18.7. The van der Waals surface area contributed by atoms with Crippen molar-refractivity contribution in [2.75, 3.05) is 59.5 Å². The number of rotatable bonds is 13. The first-order chi connectivity index (χ1) is 13.4. The lowest BCUT2D eigenvalue weighted by Gasteiger charge is -2.09. The van der Waals surface area contributed by atoms with Crippen molar-refractivity contribution in [2.24, 2.45) is 29.0 Å². The molecule has 0 aliphatic rings. The molecule has 0 rings (SSSR count). The minimum atomic E-state index is -0.118. The number of hydrogen-bond acceptors (Lipinski definition) is 8. The Bertz CT molecular complexity index is 342. The lowest BCUT2D eigenvalue weighted by Crippen LogP contribution is -2.36. The lowest BCUT2D eigenvalue weighted by atomic mass is 10.1. The molecule has 0 fully saturated rings. The molecule has 0 bridgehead atoms. The zero-order valence-corrected chi connectivity index (χ0v) is 18.7. The van der Waals surface area contributed by atoms with Crippen LogP contribution >= 0.6 is 0 Å². The number of ether oxygens (including phenoxy) is 1. The third-order valence-electron chi connectivity index (χ3n) is 3.84. The Morgan fingerprint density at radius 3 is 1.54 bits per heavy atom. The molecule has 9 nitrogen and oxygen atoms in total. The van der Waals surface area contributed by atoms with Crippen molar-refractivity contribution in [1.82, 2.24) is 16.0 Å². The van der Waals surface area contributed by atoms with E-state index in [4.69, 9.17) is 17.2 Å². The molecule has 0 aliphatic heterocycles. The van der Waals surface area contributed by atoms with E-state index >= 15 is 0 Å². The predicted molar refractivity (Wildman–Crippen MR) is 117 cm³/mol. The molecule has 0 saturated carbocycles. The molecule has 0 spiro atoms. The van der Waals surface area contributed by atoms with Crippen molar-refractivity contribution in [3.63, 3.8) is 0 Å². The summed E-state index contributed by atoms with van der Waals surface area (Å²) in [6.45, 7) is 13.8. The van der Waals surface area contributed by atoms with Crippen LogP contribution in [0.3, 0.4) is 0 Å². The fraction of sp³-hybridized carbons (Fsp3) is 0.895. The van der Waals surface area contributed by atoms with Gasteiger partial charge in [0.25, 0.3) is 0 Å². The number of nitrogens with two attached hydrogens (primary N) is 3. The number of methoxy groups -OCH3 is 1. The van der Waals surface area contributed by atoms with E-state index in [2.05, 4.69) is 20.7 Å². The highest BCUT2D eigenvalue weighted by molar-refractivity contribution is 5.78. The Balaban J connectivity index is -0.000000359. The van der Waals surface area contributed by atoms with Gasteiger partial charge in [-0.1, -0.05) is 27.7 Å². The molecular formula is C19H46N6O3. The molecule has 9 heteroatoms. The predicted octanol–water partition coefficient (Wildman–Crippen LogP) is -0.604. The maximum Gasteiger partial charge on any atom is 0.308 e. The van der Waals surface area contributed by atoms with Gasteiger partial charge in [0.15, 0.2) is 0 Å². The first-order valence-corrected chi connectivity index (χ1v) is 10.2. The van der Waals surface area contributed by atoms with Crippen molar-refractivity contribution in [3.05, 3.63) is 0 Å². The highest BCUT2D eigenvalue weighted by Gasteiger charge is 2.08. The number of carbonyl (C=O) groups is 2. The van der Waals surface area contributed by atoms with E-state index in [0.29, 0.717) is 26.2 Å². The van der Waals surface area contributed by atoms with Gasteiger partial charge < -0.3 is 37.9 Å². The Hall–Kier alpha value is -1.26. The van der Waals surface area contributed by atoms with Crippen molar-refractivity contribution in [3.8, 4) is 0 Å². The van der Waals surface area contributed by atoms with Gasteiger partial charge in [-0.15, -0.1) is 0 Å². The highest BCUT2D eigenvalue weighted by atomic mass is 16.5. The molecule has 0 heterocycles. The van der Waals surface area contributed by atoms with Crippen LogP contribution in [0.2, 0.25) is 0 Å². The van der Waals surface area contributed by atoms with Crippen LogP contribution in [0.15, 0.2) is 0 Å². The van der Waals surface area contributed by atoms with Crippen LogP contribution in [-0.2, 0) is 14.3 Å². The van der Waals surface area contributed by atoms with E-state index in [-0.39, 0.29) is 23.7 Å². The molecule has 2 unspecified atom stereocenters. The summed E-state index contributed by atoms with van der Waals surface area (Å²) in [5.74, 6) is 0.194. The summed E-state index contributed by atoms with van der Waals surface area (Å²) in [4.78, 5) is 21.8. The van der Waals surface area contributed by atoms with Crippen LogP contribution in [0.25, 0.3) is 0 Å². The highest BCUT2D eigenvalue weighted by Crippen LogP contribution is 2.01. The van der Waals surface area contributed by atoms with E-state index < -0.39 is 0 Å². The third-order valence-corrected chi connectivity index (χ3v) is 3.84. The van der Waals surface area contributed by atoms with Crippen molar-refractivity contribution in [2.45, 2.75) is 40.5 Å². The number of hydrogen-bond donors (Lipinski definition) is 6. The largest absolute Gasteiger partial charge is 0.469 e.